The van der Waals surface area contributed by atoms with Crippen LogP contribution in [0.4, 0.5) is 0 Å². The molecule has 1 saturated heterocycles. The standard InChI is InChI=1S/C18H35N3O/c1-3-19-18(20-13-7-10-16-8-5-6-9-16)21-14-11-17(12-15-21)22-4-2/h16-17H,3-15H2,1-2H3,(H,19,20). The van der Waals surface area contributed by atoms with Crippen LogP contribution in [-0.2, 0) is 4.74 Å². The van der Waals surface area contributed by atoms with Gasteiger partial charge in [0.05, 0.1) is 6.10 Å². The molecule has 4 heteroatoms. The quantitative estimate of drug-likeness (QED) is 0.445. The van der Waals surface area contributed by atoms with E-state index in [9.17, 15) is 0 Å². The lowest BCUT2D eigenvalue weighted by molar-refractivity contribution is 0.0264. The fraction of sp³-hybridized carbons (Fsp3) is 0.944. The molecule has 1 aliphatic heterocycles. The molecule has 0 bridgehead atoms. The van der Waals surface area contributed by atoms with Crippen molar-refractivity contribution >= 4 is 5.96 Å². The number of aliphatic imine (C=N–C) groups is 1. The maximum Gasteiger partial charge on any atom is 0.193 e. The first-order valence-corrected chi connectivity index (χ1v) is 9.48. The van der Waals surface area contributed by atoms with Gasteiger partial charge in [-0.1, -0.05) is 25.7 Å². The molecule has 128 valence electrons. The maximum absolute atomic E-state index is 5.74. The van der Waals surface area contributed by atoms with E-state index in [0.29, 0.717) is 6.10 Å². The van der Waals surface area contributed by atoms with E-state index < -0.39 is 0 Å². The van der Waals surface area contributed by atoms with E-state index in [2.05, 4.69) is 24.1 Å². The fourth-order valence-corrected chi connectivity index (χ4v) is 3.76. The molecule has 1 saturated carbocycles. The van der Waals surface area contributed by atoms with Gasteiger partial charge in [0.1, 0.15) is 0 Å². The van der Waals surface area contributed by atoms with Crippen molar-refractivity contribution in [2.24, 2.45) is 10.9 Å². The SMILES string of the molecule is CCNC(=NCCCC1CCCC1)N1CCC(OCC)CC1. The van der Waals surface area contributed by atoms with Crippen molar-refractivity contribution in [3.63, 3.8) is 0 Å². The van der Waals surface area contributed by atoms with Crippen LogP contribution >= 0.6 is 0 Å². The van der Waals surface area contributed by atoms with E-state index in [4.69, 9.17) is 9.73 Å². The van der Waals surface area contributed by atoms with E-state index in [1.165, 1.54) is 38.5 Å². The second kappa shape index (κ2) is 10.1. The number of nitrogens with zero attached hydrogens (tertiary/aromatic N) is 2. The molecular formula is C18H35N3O. The Balaban J connectivity index is 1.72. The summed E-state index contributed by atoms with van der Waals surface area (Å²) in [6.45, 7) is 9.14. The van der Waals surface area contributed by atoms with Gasteiger partial charge in [-0.2, -0.15) is 0 Å². The van der Waals surface area contributed by atoms with Crippen LogP contribution in [0.5, 0.6) is 0 Å². The van der Waals surface area contributed by atoms with Gasteiger partial charge in [0, 0.05) is 32.8 Å². The summed E-state index contributed by atoms with van der Waals surface area (Å²) in [7, 11) is 0. The summed E-state index contributed by atoms with van der Waals surface area (Å²) in [4.78, 5) is 7.27. The highest BCUT2D eigenvalue weighted by atomic mass is 16.5. The average Bonchev–Trinajstić information content (AvgIpc) is 3.05. The first kappa shape index (κ1) is 17.6. The smallest absolute Gasteiger partial charge is 0.193 e. The number of hydrogen-bond acceptors (Lipinski definition) is 2. The molecule has 4 nitrogen and oxygen atoms in total. The zero-order chi connectivity index (χ0) is 15.6. The van der Waals surface area contributed by atoms with Crippen LogP contribution in [0.1, 0.15) is 65.2 Å². The number of piperidine rings is 1. The average molecular weight is 309 g/mol. The maximum atomic E-state index is 5.74. The van der Waals surface area contributed by atoms with Gasteiger partial charge >= 0.3 is 0 Å². The Morgan fingerprint density at radius 3 is 2.50 bits per heavy atom. The van der Waals surface area contributed by atoms with Crippen molar-refractivity contribution in [3.8, 4) is 0 Å². The second-order valence-corrected chi connectivity index (χ2v) is 6.67. The van der Waals surface area contributed by atoms with Crippen LogP contribution in [-0.4, -0.2) is 49.7 Å². The Bertz CT molecular complexity index is 318. The second-order valence-electron chi connectivity index (χ2n) is 6.67. The Kier molecular flexibility index (Phi) is 8.06. The van der Waals surface area contributed by atoms with Crippen molar-refractivity contribution < 1.29 is 4.74 Å². The first-order valence-electron chi connectivity index (χ1n) is 9.48. The number of guanidine groups is 1. The molecular weight excluding hydrogens is 274 g/mol. The fourth-order valence-electron chi connectivity index (χ4n) is 3.76. The third-order valence-corrected chi connectivity index (χ3v) is 4.99. The molecule has 22 heavy (non-hydrogen) atoms. The van der Waals surface area contributed by atoms with Gasteiger partial charge < -0.3 is 15.0 Å². The highest BCUT2D eigenvalue weighted by molar-refractivity contribution is 5.80. The van der Waals surface area contributed by atoms with Crippen molar-refractivity contribution in [2.45, 2.75) is 71.3 Å². The van der Waals surface area contributed by atoms with Crippen LogP contribution in [0.2, 0.25) is 0 Å². The zero-order valence-electron chi connectivity index (χ0n) is 14.6. The minimum atomic E-state index is 0.450. The van der Waals surface area contributed by atoms with Gasteiger partial charge in [-0.05, 0) is 45.4 Å². The molecule has 0 aromatic heterocycles. The van der Waals surface area contributed by atoms with Gasteiger partial charge in [0.25, 0.3) is 0 Å². The lowest BCUT2D eigenvalue weighted by Gasteiger charge is -2.34. The molecule has 0 atom stereocenters. The van der Waals surface area contributed by atoms with Gasteiger partial charge in [-0.3, -0.25) is 4.99 Å². The normalized spacial score (nSPS) is 21.5. The van der Waals surface area contributed by atoms with Gasteiger partial charge in [-0.25, -0.2) is 0 Å². The number of hydrogen-bond donors (Lipinski definition) is 1. The summed E-state index contributed by atoms with van der Waals surface area (Å²) in [6, 6.07) is 0. The van der Waals surface area contributed by atoms with Crippen LogP contribution < -0.4 is 5.32 Å². The van der Waals surface area contributed by atoms with Crippen LogP contribution in [0.15, 0.2) is 4.99 Å². The number of likely N-dealkylation sites (tertiary alicyclic amines) is 1. The Hall–Kier alpha value is -0.770. The lowest BCUT2D eigenvalue weighted by atomic mass is 10.0. The van der Waals surface area contributed by atoms with Gasteiger partial charge in [0.2, 0.25) is 0 Å². The highest BCUT2D eigenvalue weighted by Gasteiger charge is 2.21. The molecule has 0 amide bonds. The topological polar surface area (TPSA) is 36.9 Å². The molecule has 2 aliphatic rings. The van der Waals surface area contributed by atoms with Crippen molar-refractivity contribution in [1.82, 2.24) is 10.2 Å². The van der Waals surface area contributed by atoms with E-state index in [0.717, 1.165) is 57.5 Å². The van der Waals surface area contributed by atoms with Gasteiger partial charge in [-0.15, -0.1) is 0 Å². The predicted molar refractivity (Wildman–Crippen MR) is 93.4 cm³/mol. The summed E-state index contributed by atoms with van der Waals surface area (Å²) >= 11 is 0. The molecule has 0 aromatic rings. The molecule has 0 unspecified atom stereocenters. The van der Waals surface area contributed by atoms with Crippen LogP contribution in [0.25, 0.3) is 0 Å². The Labute approximate surface area is 136 Å². The summed E-state index contributed by atoms with van der Waals surface area (Å²) in [6.07, 6.45) is 11.1. The lowest BCUT2D eigenvalue weighted by Crippen LogP contribution is -2.47. The Morgan fingerprint density at radius 2 is 1.86 bits per heavy atom. The molecule has 1 N–H and O–H groups in total. The highest BCUT2D eigenvalue weighted by Crippen LogP contribution is 2.28. The number of rotatable bonds is 7. The Morgan fingerprint density at radius 1 is 1.14 bits per heavy atom. The van der Waals surface area contributed by atoms with Gasteiger partial charge in [0.15, 0.2) is 5.96 Å². The molecule has 2 rings (SSSR count). The summed E-state index contributed by atoms with van der Waals surface area (Å²) in [5, 5.41) is 3.46. The van der Waals surface area contributed by atoms with Crippen LogP contribution in [0.3, 0.4) is 0 Å². The van der Waals surface area contributed by atoms with Crippen molar-refractivity contribution in [1.29, 1.82) is 0 Å². The third kappa shape index (κ3) is 5.79. The molecule has 0 spiro atoms. The first-order chi connectivity index (χ1) is 10.8. The predicted octanol–water partition coefficient (Wildman–Crippen LogP) is 3.42. The van der Waals surface area contributed by atoms with Crippen molar-refractivity contribution in [3.05, 3.63) is 0 Å². The molecule has 0 aromatic carbocycles. The summed E-state index contributed by atoms with van der Waals surface area (Å²) < 4.78 is 5.74. The van der Waals surface area contributed by atoms with E-state index in [-0.39, 0.29) is 0 Å². The summed E-state index contributed by atoms with van der Waals surface area (Å²) in [5.74, 6) is 2.10. The van der Waals surface area contributed by atoms with E-state index in [1.54, 1.807) is 0 Å². The van der Waals surface area contributed by atoms with E-state index in [1.807, 2.05) is 0 Å². The third-order valence-electron chi connectivity index (χ3n) is 4.99. The minimum Gasteiger partial charge on any atom is -0.378 e. The largest absolute Gasteiger partial charge is 0.378 e. The molecule has 0 radical (unpaired) electrons. The molecule has 2 fully saturated rings. The minimum absolute atomic E-state index is 0.450. The zero-order valence-corrected chi connectivity index (χ0v) is 14.6. The van der Waals surface area contributed by atoms with Crippen molar-refractivity contribution in [2.75, 3.05) is 32.8 Å². The number of ether oxygens (including phenoxy) is 1. The molecule has 1 aliphatic carbocycles. The van der Waals surface area contributed by atoms with E-state index >= 15 is 0 Å². The molecule has 1 heterocycles. The summed E-state index contributed by atoms with van der Waals surface area (Å²) in [5.41, 5.74) is 0. The number of nitrogens with one attached hydrogen (secondary N) is 1. The van der Waals surface area contributed by atoms with Crippen LogP contribution in [0, 0.1) is 5.92 Å². The monoisotopic (exact) mass is 309 g/mol.